The quantitative estimate of drug-likeness (QED) is 0.833. The maximum absolute atomic E-state index is 11.5. The van der Waals surface area contributed by atoms with E-state index in [1.165, 1.54) is 0 Å². The zero-order valence-electron chi connectivity index (χ0n) is 9.16. The lowest BCUT2D eigenvalue weighted by atomic mass is 10.2. The van der Waals surface area contributed by atoms with Crippen molar-refractivity contribution in [3.63, 3.8) is 0 Å². The molecule has 1 saturated carbocycles. The highest BCUT2D eigenvalue weighted by molar-refractivity contribution is 5.81. The van der Waals surface area contributed by atoms with Gasteiger partial charge in [-0.25, -0.2) is 4.79 Å². The van der Waals surface area contributed by atoms with E-state index in [0.717, 1.165) is 18.4 Å². The molecular formula is C12H12N2O3. The van der Waals surface area contributed by atoms with Gasteiger partial charge in [0.15, 0.2) is 5.58 Å². The molecule has 0 saturated heterocycles. The first-order valence-electron chi connectivity index (χ1n) is 5.62. The van der Waals surface area contributed by atoms with E-state index >= 15 is 0 Å². The third kappa shape index (κ3) is 2.08. The van der Waals surface area contributed by atoms with Crippen LogP contribution in [0.5, 0.6) is 0 Å². The van der Waals surface area contributed by atoms with Crippen molar-refractivity contribution >= 4 is 17.0 Å². The second-order valence-electron chi connectivity index (χ2n) is 4.34. The highest BCUT2D eigenvalue weighted by atomic mass is 16.4. The molecule has 5 heteroatoms. The van der Waals surface area contributed by atoms with Crippen LogP contribution in [0.3, 0.4) is 0 Å². The zero-order valence-corrected chi connectivity index (χ0v) is 9.16. The number of rotatable bonds is 3. The van der Waals surface area contributed by atoms with Crippen molar-refractivity contribution in [3.8, 4) is 0 Å². The minimum Gasteiger partial charge on any atom is -0.408 e. The number of hydrogen-bond donors (Lipinski definition) is 2. The Hall–Kier alpha value is -2.04. The Kier molecular flexibility index (Phi) is 2.24. The van der Waals surface area contributed by atoms with Crippen LogP contribution in [0.4, 0.5) is 0 Å². The number of nitrogens with one attached hydrogen (secondary N) is 2. The molecule has 2 N–H and O–H groups in total. The molecule has 3 rings (SSSR count). The molecule has 1 fully saturated rings. The smallest absolute Gasteiger partial charge is 0.408 e. The fourth-order valence-electron chi connectivity index (χ4n) is 1.78. The fourth-order valence-corrected chi connectivity index (χ4v) is 1.78. The van der Waals surface area contributed by atoms with Gasteiger partial charge in [-0.2, -0.15) is 0 Å². The molecule has 17 heavy (non-hydrogen) atoms. The van der Waals surface area contributed by atoms with E-state index in [0.29, 0.717) is 17.6 Å². The second kappa shape index (κ2) is 3.76. The highest BCUT2D eigenvalue weighted by Gasteiger charge is 2.29. The summed E-state index contributed by atoms with van der Waals surface area (Å²) >= 11 is 0. The van der Waals surface area contributed by atoms with Crippen molar-refractivity contribution in [2.24, 2.45) is 5.92 Å². The number of oxazole rings is 1. The van der Waals surface area contributed by atoms with Crippen LogP contribution in [-0.4, -0.2) is 10.9 Å². The molecule has 88 valence electrons. The van der Waals surface area contributed by atoms with E-state index in [9.17, 15) is 9.59 Å². The number of fused-ring (bicyclic) bond motifs is 1. The summed E-state index contributed by atoms with van der Waals surface area (Å²) in [6.45, 7) is 0.472. The molecule has 0 aliphatic heterocycles. The topological polar surface area (TPSA) is 75.1 Å². The molecule has 0 radical (unpaired) electrons. The molecular weight excluding hydrogens is 220 g/mol. The van der Waals surface area contributed by atoms with Crippen LogP contribution in [0.1, 0.15) is 18.4 Å². The summed E-state index contributed by atoms with van der Waals surface area (Å²) in [6.07, 6.45) is 2.00. The van der Waals surface area contributed by atoms with Crippen molar-refractivity contribution in [1.29, 1.82) is 0 Å². The third-order valence-corrected chi connectivity index (χ3v) is 2.90. The SMILES string of the molecule is O=C(NCc1ccc2[nH]c(=O)oc2c1)C1CC1. The van der Waals surface area contributed by atoms with Gasteiger partial charge < -0.3 is 9.73 Å². The van der Waals surface area contributed by atoms with E-state index in [1.807, 2.05) is 6.07 Å². The summed E-state index contributed by atoms with van der Waals surface area (Å²) in [5, 5.41) is 2.86. The first-order chi connectivity index (χ1) is 8.22. The van der Waals surface area contributed by atoms with Crippen LogP contribution in [0.15, 0.2) is 27.4 Å². The summed E-state index contributed by atoms with van der Waals surface area (Å²) < 4.78 is 4.95. The van der Waals surface area contributed by atoms with Crippen LogP contribution in [0, 0.1) is 5.92 Å². The monoisotopic (exact) mass is 232 g/mol. The summed E-state index contributed by atoms with van der Waals surface area (Å²) in [5.74, 6) is -0.135. The number of aromatic nitrogens is 1. The van der Waals surface area contributed by atoms with Gasteiger partial charge in [-0.3, -0.25) is 9.78 Å². The molecule has 1 aromatic carbocycles. The third-order valence-electron chi connectivity index (χ3n) is 2.90. The van der Waals surface area contributed by atoms with E-state index in [4.69, 9.17) is 4.42 Å². The summed E-state index contributed by atoms with van der Waals surface area (Å²) in [6, 6.07) is 5.40. The fraction of sp³-hybridized carbons (Fsp3) is 0.333. The molecule has 5 nitrogen and oxygen atoms in total. The van der Waals surface area contributed by atoms with Crippen LogP contribution in [0.25, 0.3) is 11.1 Å². The first kappa shape index (κ1) is 10.1. The molecule has 1 aliphatic carbocycles. The average Bonchev–Trinajstić information content (AvgIpc) is 3.08. The number of H-pyrrole nitrogens is 1. The molecule has 1 aromatic heterocycles. The minimum atomic E-state index is -0.459. The molecule has 1 amide bonds. The van der Waals surface area contributed by atoms with E-state index in [2.05, 4.69) is 10.3 Å². The zero-order chi connectivity index (χ0) is 11.8. The minimum absolute atomic E-state index is 0.112. The van der Waals surface area contributed by atoms with Gasteiger partial charge in [-0.1, -0.05) is 6.07 Å². The lowest BCUT2D eigenvalue weighted by Crippen LogP contribution is -2.24. The van der Waals surface area contributed by atoms with Crippen molar-refractivity contribution < 1.29 is 9.21 Å². The predicted octanol–water partition coefficient (Wildman–Crippen LogP) is 1.15. The van der Waals surface area contributed by atoms with Crippen molar-refractivity contribution in [1.82, 2.24) is 10.3 Å². The number of amides is 1. The maximum Gasteiger partial charge on any atom is 0.417 e. The van der Waals surface area contributed by atoms with Gasteiger partial charge in [0.2, 0.25) is 5.91 Å². The summed E-state index contributed by atoms with van der Waals surface area (Å²) in [7, 11) is 0. The number of carbonyl (C=O) groups excluding carboxylic acids is 1. The molecule has 2 aromatic rings. The summed E-state index contributed by atoms with van der Waals surface area (Å²) in [5.41, 5.74) is 2.12. The summed E-state index contributed by atoms with van der Waals surface area (Å²) in [4.78, 5) is 25.0. The van der Waals surface area contributed by atoms with Gasteiger partial charge in [-0.05, 0) is 30.5 Å². The lowest BCUT2D eigenvalue weighted by molar-refractivity contribution is -0.122. The number of carbonyl (C=O) groups is 1. The van der Waals surface area contributed by atoms with Gasteiger partial charge in [-0.15, -0.1) is 0 Å². The number of aromatic amines is 1. The van der Waals surface area contributed by atoms with Gasteiger partial charge in [0, 0.05) is 12.5 Å². The Morgan fingerprint density at radius 2 is 2.29 bits per heavy atom. The maximum atomic E-state index is 11.5. The van der Waals surface area contributed by atoms with Gasteiger partial charge >= 0.3 is 5.76 Å². The van der Waals surface area contributed by atoms with Gasteiger partial charge in [0.05, 0.1) is 5.52 Å². The van der Waals surface area contributed by atoms with Crippen molar-refractivity contribution in [2.45, 2.75) is 19.4 Å². The van der Waals surface area contributed by atoms with Gasteiger partial charge in [0.25, 0.3) is 0 Å². The molecule has 0 bridgehead atoms. The molecule has 1 aliphatic rings. The Balaban J connectivity index is 1.75. The lowest BCUT2D eigenvalue weighted by Gasteiger charge is -2.03. The van der Waals surface area contributed by atoms with Gasteiger partial charge in [0.1, 0.15) is 0 Å². The van der Waals surface area contributed by atoms with Crippen LogP contribution >= 0.6 is 0 Å². The number of hydrogen-bond acceptors (Lipinski definition) is 3. The predicted molar refractivity (Wildman–Crippen MR) is 61.4 cm³/mol. The molecule has 1 heterocycles. The molecule has 0 spiro atoms. The van der Waals surface area contributed by atoms with Crippen LogP contribution in [0.2, 0.25) is 0 Å². The second-order valence-corrected chi connectivity index (χ2v) is 4.34. The Bertz CT molecular complexity index is 622. The molecule has 0 unspecified atom stereocenters. The van der Waals surface area contributed by atoms with E-state index in [1.54, 1.807) is 12.1 Å². The Labute approximate surface area is 96.8 Å². The first-order valence-corrected chi connectivity index (χ1v) is 5.62. The number of benzene rings is 1. The largest absolute Gasteiger partial charge is 0.417 e. The Morgan fingerprint density at radius 1 is 1.47 bits per heavy atom. The van der Waals surface area contributed by atoms with E-state index in [-0.39, 0.29) is 11.8 Å². The van der Waals surface area contributed by atoms with Crippen LogP contribution < -0.4 is 11.1 Å². The Morgan fingerprint density at radius 3 is 3.06 bits per heavy atom. The van der Waals surface area contributed by atoms with Crippen molar-refractivity contribution in [2.75, 3.05) is 0 Å². The molecule has 0 atom stereocenters. The normalized spacial score (nSPS) is 15.1. The standard InChI is InChI=1S/C12H12N2O3/c15-11(8-2-3-8)13-6-7-1-4-9-10(5-7)17-12(16)14-9/h1,4-5,8H,2-3,6H2,(H,13,15)(H,14,16). The van der Waals surface area contributed by atoms with Crippen LogP contribution in [-0.2, 0) is 11.3 Å². The van der Waals surface area contributed by atoms with Crippen molar-refractivity contribution in [3.05, 3.63) is 34.3 Å². The average molecular weight is 232 g/mol. The highest BCUT2D eigenvalue weighted by Crippen LogP contribution is 2.28. The van der Waals surface area contributed by atoms with E-state index < -0.39 is 5.76 Å².